The minimum absolute atomic E-state index is 0.000269. The van der Waals surface area contributed by atoms with Crippen molar-refractivity contribution >= 4 is 5.91 Å². The molecule has 0 spiro atoms. The topological polar surface area (TPSA) is 29.1 Å². The Morgan fingerprint density at radius 2 is 1.62 bits per heavy atom. The van der Waals surface area contributed by atoms with E-state index in [4.69, 9.17) is 0 Å². The van der Waals surface area contributed by atoms with Gasteiger partial charge in [0.25, 0.3) is 5.91 Å². The fourth-order valence-corrected chi connectivity index (χ4v) is 2.55. The Hall–Kier alpha value is -2.09. The summed E-state index contributed by atoms with van der Waals surface area (Å²) < 4.78 is 0. The molecule has 0 bridgehead atoms. The molecular weight excluding hydrogens is 258 g/mol. The molecule has 2 heteroatoms. The zero-order chi connectivity index (χ0) is 15.6. The van der Waals surface area contributed by atoms with Crippen LogP contribution >= 0.6 is 0 Å². The molecule has 0 aliphatic carbocycles. The Balaban J connectivity index is 2.16. The average molecular weight is 281 g/mol. The number of aryl methyl sites for hydroxylation is 4. The van der Waals surface area contributed by atoms with Crippen molar-refractivity contribution in [3.63, 3.8) is 0 Å². The van der Waals surface area contributed by atoms with Crippen LogP contribution in [0.4, 0.5) is 0 Å². The zero-order valence-corrected chi connectivity index (χ0v) is 13.4. The molecule has 1 amide bonds. The summed E-state index contributed by atoms with van der Waals surface area (Å²) in [7, 11) is 0. The largest absolute Gasteiger partial charge is 0.346 e. The van der Waals surface area contributed by atoms with Gasteiger partial charge in [-0.2, -0.15) is 0 Å². The highest BCUT2D eigenvalue weighted by atomic mass is 16.1. The molecule has 2 rings (SSSR count). The molecular formula is C19H23NO. The lowest BCUT2D eigenvalue weighted by atomic mass is 9.99. The number of carbonyl (C=O) groups excluding carboxylic acids is 1. The molecule has 2 nitrogen and oxygen atoms in total. The highest BCUT2D eigenvalue weighted by Crippen LogP contribution is 2.19. The van der Waals surface area contributed by atoms with Crippen LogP contribution in [0.15, 0.2) is 36.4 Å². The molecule has 0 aromatic heterocycles. The zero-order valence-electron chi connectivity index (χ0n) is 13.4. The summed E-state index contributed by atoms with van der Waals surface area (Å²) in [6.07, 6.45) is 0. The number of carbonyl (C=O) groups is 1. The fourth-order valence-electron chi connectivity index (χ4n) is 2.55. The van der Waals surface area contributed by atoms with Crippen LogP contribution in [0.2, 0.25) is 0 Å². The number of hydrogen-bond acceptors (Lipinski definition) is 1. The van der Waals surface area contributed by atoms with Crippen molar-refractivity contribution in [2.45, 2.75) is 40.7 Å². The van der Waals surface area contributed by atoms with Gasteiger partial charge in [-0.15, -0.1) is 0 Å². The smallest absolute Gasteiger partial charge is 0.251 e. The van der Waals surface area contributed by atoms with Gasteiger partial charge in [0.1, 0.15) is 0 Å². The first-order chi connectivity index (χ1) is 9.88. The second kappa shape index (κ2) is 6.13. The van der Waals surface area contributed by atoms with Crippen molar-refractivity contribution in [3.8, 4) is 0 Å². The molecule has 0 heterocycles. The Bertz CT molecular complexity index is 673. The maximum atomic E-state index is 12.4. The van der Waals surface area contributed by atoms with Crippen LogP contribution in [0, 0.1) is 27.7 Å². The molecule has 0 fully saturated rings. The van der Waals surface area contributed by atoms with Crippen molar-refractivity contribution in [2.75, 3.05) is 0 Å². The van der Waals surface area contributed by atoms with Gasteiger partial charge in [0.05, 0.1) is 6.04 Å². The van der Waals surface area contributed by atoms with Gasteiger partial charge >= 0.3 is 0 Å². The van der Waals surface area contributed by atoms with Crippen molar-refractivity contribution in [1.29, 1.82) is 0 Å². The minimum atomic E-state index is -0.0226. The molecule has 2 aromatic carbocycles. The Morgan fingerprint density at radius 3 is 2.24 bits per heavy atom. The number of rotatable bonds is 3. The lowest BCUT2D eigenvalue weighted by Crippen LogP contribution is -2.27. The van der Waals surface area contributed by atoms with E-state index in [9.17, 15) is 4.79 Å². The second-order valence-electron chi connectivity index (χ2n) is 5.85. The van der Waals surface area contributed by atoms with E-state index in [1.807, 2.05) is 32.0 Å². The van der Waals surface area contributed by atoms with Crippen molar-refractivity contribution in [2.24, 2.45) is 0 Å². The van der Waals surface area contributed by atoms with E-state index in [1.165, 1.54) is 16.7 Å². The predicted molar refractivity (Wildman–Crippen MR) is 87.7 cm³/mol. The summed E-state index contributed by atoms with van der Waals surface area (Å²) in [5, 5.41) is 3.08. The minimum Gasteiger partial charge on any atom is -0.346 e. The van der Waals surface area contributed by atoms with Gasteiger partial charge in [-0.05, 0) is 69.0 Å². The Labute approximate surface area is 127 Å². The maximum absolute atomic E-state index is 12.4. The van der Waals surface area contributed by atoms with Crippen molar-refractivity contribution in [3.05, 3.63) is 69.8 Å². The molecule has 0 radical (unpaired) electrons. The molecule has 1 N–H and O–H groups in total. The SMILES string of the molecule is Cc1ccc([C@H](C)NC(=O)c2ccc(C)c(C)c2)c(C)c1. The first-order valence-corrected chi connectivity index (χ1v) is 7.33. The number of hydrogen-bond donors (Lipinski definition) is 1. The Kier molecular flexibility index (Phi) is 4.46. The normalized spacial score (nSPS) is 12.0. The van der Waals surface area contributed by atoms with Crippen molar-refractivity contribution < 1.29 is 4.79 Å². The predicted octanol–water partition coefficient (Wildman–Crippen LogP) is 4.41. The third kappa shape index (κ3) is 3.52. The van der Waals surface area contributed by atoms with E-state index < -0.39 is 0 Å². The van der Waals surface area contributed by atoms with Crippen LogP contribution in [-0.2, 0) is 0 Å². The van der Waals surface area contributed by atoms with E-state index in [2.05, 4.69) is 44.3 Å². The third-order valence-electron chi connectivity index (χ3n) is 4.01. The molecule has 110 valence electrons. The summed E-state index contributed by atoms with van der Waals surface area (Å²) in [6.45, 7) is 10.3. The van der Waals surface area contributed by atoms with Crippen LogP contribution in [0.3, 0.4) is 0 Å². The first kappa shape index (κ1) is 15.3. The maximum Gasteiger partial charge on any atom is 0.251 e. The van der Waals surface area contributed by atoms with Gasteiger partial charge in [-0.3, -0.25) is 4.79 Å². The van der Waals surface area contributed by atoms with Crippen LogP contribution in [0.1, 0.15) is 51.1 Å². The molecule has 0 aliphatic rings. The monoisotopic (exact) mass is 281 g/mol. The molecule has 1 atom stereocenters. The number of amides is 1. The van der Waals surface area contributed by atoms with Crippen molar-refractivity contribution in [1.82, 2.24) is 5.32 Å². The lowest BCUT2D eigenvalue weighted by molar-refractivity contribution is 0.0939. The van der Waals surface area contributed by atoms with Gasteiger partial charge in [-0.1, -0.05) is 29.8 Å². The molecule has 0 unspecified atom stereocenters. The van der Waals surface area contributed by atoms with Crippen LogP contribution in [-0.4, -0.2) is 5.91 Å². The summed E-state index contributed by atoms with van der Waals surface area (Å²) >= 11 is 0. The standard InChI is InChI=1S/C19H23NO/c1-12-6-9-18(15(4)10-12)16(5)20-19(21)17-8-7-13(2)14(3)11-17/h6-11,16H,1-5H3,(H,20,21)/t16-/m0/s1. The summed E-state index contributed by atoms with van der Waals surface area (Å²) in [4.78, 5) is 12.4. The van der Waals surface area contributed by atoms with Gasteiger partial charge in [0.2, 0.25) is 0 Å². The summed E-state index contributed by atoms with van der Waals surface area (Å²) in [5.41, 5.74) is 6.68. The lowest BCUT2D eigenvalue weighted by Gasteiger charge is -2.17. The van der Waals surface area contributed by atoms with E-state index in [1.54, 1.807) is 0 Å². The highest BCUT2D eigenvalue weighted by molar-refractivity contribution is 5.94. The molecule has 0 saturated heterocycles. The Morgan fingerprint density at radius 1 is 0.905 bits per heavy atom. The van der Waals surface area contributed by atoms with Gasteiger partial charge < -0.3 is 5.32 Å². The summed E-state index contributed by atoms with van der Waals surface area (Å²) in [6, 6.07) is 12.1. The van der Waals surface area contributed by atoms with E-state index in [-0.39, 0.29) is 11.9 Å². The molecule has 21 heavy (non-hydrogen) atoms. The average Bonchev–Trinajstić information content (AvgIpc) is 2.41. The van der Waals surface area contributed by atoms with E-state index >= 15 is 0 Å². The second-order valence-corrected chi connectivity index (χ2v) is 5.85. The molecule has 2 aromatic rings. The van der Waals surface area contributed by atoms with Gasteiger partial charge in [0.15, 0.2) is 0 Å². The van der Waals surface area contributed by atoms with Crippen LogP contribution in [0.5, 0.6) is 0 Å². The van der Waals surface area contributed by atoms with Crippen LogP contribution in [0.25, 0.3) is 0 Å². The van der Waals surface area contributed by atoms with Gasteiger partial charge in [-0.25, -0.2) is 0 Å². The first-order valence-electron chi connectivity index (χ1n) is 7.33. The van der Waals surface area contributed by atoms with Crippen LogP contribution < -0.4 is 5.32 Å². The van der Waals surface area contributed by atoms with E-state index in [0.717, 1.165) is 16.7 Å². The molecule has 0 saturated carbocycles. The highest BCUT2D eigenvalue weighted by Gasteiger charge is 2.13. The van der Waals surface area contributed by atoms with Gasteiger partial charge in [0, 0.05) is 5.56 Å². The third-order valence-corrected chi connectivity index (χ3v) is 4.01. The fraction of sp³-hybridized carbons (Fsp3) is 0.316. The number of nitrogens with one attached hydrogen (secondary N) is 1. The number of benzene rings is 2. The van der Waals surface area contributed by atoms with E-state index in [0.29, 0.717) is 0 Å². The molecule has 0 aliphatic heterocycles. The summed E-state index contributed by atoms with van der Waals surface area (Å²) in [5.74, 6) is -0.0226. The quantitative estimate of drug-likeness (QED) is 0.887.